The number of imidazole rings is 1. The number of benzene rings is 1. The van der Waals surface area contributed by atoms with Gasteiger partial charge in [0, 0.05) is 23.5 Å². The third-order valence-corrected chi connectivity index (χ3v) is 5.86. The number of fused-ring (bicyclic) bond motifs is 2. The Morgan fingerprint density at radius 1 is 1.21 bits per heavy atom. The summed E-state index contributed by atoms with van der Waals surface area (Å²) in [6.07, 6.45) is 0.0360. The Kier molecular flexibility index (Phi) is 5.42. The fraction of sp³-hybridized carbons (Fsp3) is 0.333. The largest absolute Gasteiger partial charge is 0.480 e. The normalized spacial score (nSPS) is 23.8. The summed E-state index contributed by atoms with van der Waals surface area (Å²) in [4.78, 5) is 27.8. The monoisotopic (exact) mass is 454 g/mol. The number of aliphatic hydroxyl groups excluding tert-OH is 3. The van der Waals surface area contributed by atoms with Gasteiger partial charge in [-0.1, -0.05) is 18.2 Å². The van der Waals surface area contributed by atoms with Gasteiger partial charge in [-0.2, -0.15) is 0 Å². The van der Waals surface area contributed by atoms with Crippen LogP contribution >= 0.6 is 0 Å². The molecule has 4 aromatic rings. The predicted octanol–water partition coefficient (Wildman–Crippen LogP) is 0.0269. The number of nitrogens with one attached hydrogen (secondary N) is 2. The first kappa shape index (κ1) is 21.3. The molecule has 0 radical (unpaired) electrons. The summed E-state index contributed by atoms with van der Waals surface area (Å²) in [7, 11) is 0. The van der Waals surface area contributed by atoms with E-state index >= 15 is 0 Å². The summed E-state index contributed by atoms with van der Waals surface area (Å²) in [5.74, 6) is -0.854. The van der Waals surface area contributed by atoms with Crippen LogP contribution in [0.4, 0.5) is 5.82 Å². The highest BCUT2D eigenvalue weighted by atomic mass is 16.6. The smallest absolute Gasteiger partial charge is 0.326 e. The van der Waals surface area contributed by atoms with Crippen molar-refractivity contribution in [1.82, 2.24) is 24.5 Å². The van der Waals surface area contributed by atoms with E-state index in [4.69, 9.17) is 4.74 Å². The Morgan fingerprint density at radius 3 is 2.79 bits per heavy atom. The van der Waals surface area contributed by atoms with Crippen LogP contribution in [0.5, 0.6) is 0 Å². The molecular formula is C21H22N6O6. The van der Waals surface area contributed by atoms with Gasteiger partial charge in [-0.3, -0.25) is 4.57 Å². The maximum absolute atomic E-state index is 12.0. The minimum Gasteiger partial charge on any atom is -0.480 e. The molecule has 1 saturated heterocycles. The number of aliphatic hydroxyl groups is 3. The second kappa shape index (κ2) is 8.41. The second-order valence-electron chi connectivity index (χ2n) is 7.87. The molecular weight excluding hydrogens is 432 g/mol. The van der Waals surface area contributed by atoms with Crippen LogP contribution in [0.2, 0.25) is 0 Å². The molecule has 1 aliphatic heterocycles. The number of aromatic nitrogens is 5. The molecule has 0 aliphatic carbocycles. The molecule has 6 N–H and O–H groups in total. The number of aromatic amines is 1. The van der Waals surface area contributed by atoms with Gasteiger partial charge in [-0.25, -0.2) is 19.7 Å². The topological polar surface area (TPSA) is 179 Å². The SMILES string of the molecule is O=C(O)[C@H](Cc1c[nH]c2ccccc12)Nc1ncnc2c1ncn2C1OC(CO)C(O)C1O. The van der Waals surface area contributed by atoms with Crippen LogP contribution in [0, 0.1) is 0 Å². The molecule has 12 heteroatoms. The summed E-state index contributed by atoms with van der Waals surface area (Å²) in [6, 6.07) is 6.63. The number of carbonyl (C=O) groups is 1. The maximum Gasteiger partial charge on any atom is 0.326 e. The first-order valence-corrected chi connectivity index (χ1v) is 10.3. The molecule has 1 fully saturated rings. The number of rotatable bonds is 7. The van der Waals surface area contributed by atoms with Crippen molar-refractivity contribution >= 4 is 33.9 Å². The van der Waals surface area contributed by atoms with E-state index in [-0.39, 0.29) is 23.4 Å². The molecule has 4 unspecified atom stereocenters. The quantitative estimate of drug-likeness (QED) is 0.223. The van der Waals surface area contributed by atoms with E-state index in [1.807, 2.05) is 24.3 Å². The van der Waals surface area contributed by atoms with Crippen molar-refractivity contribution in [3.05, 3.63) is 48.7 Å². The van der Waals surface area contributed by atoms with E-state index < -0.39 is 43.2 Å². The molecule has 3 aromatic heterocycles. The van der Waals surface area contributed by atoms with Crippen molar-refractivity contribution in [1.29, 1.82) is 0 Å². The molecule has 12 nitrogen and oxygen atoms in total. The number of anilines is 1. The Morgan fingerprint density at radius 2 is 2.03 bits per heavy atom. The zero-order valence-corrected chi connectivity index (χ0v) is 17.2. The average molecular weight is 454 g/mol. The van der Waals surface area contributed by atoms with E-state index in [0.717, 1.165) is 16.5 Å². The fourth-order valence-corrected chi connectivity index (χ4v) is 4.14. The fourth-order valence-electron chi connectivity index (χ4n) is 4.14. The second-order valence-corrected chi connectivity index (χ2v) is 7.87. The molecule has 4 heterocycles. The van der Waals surface area contributed by atoms with Gasteiger partial charge >= 0.3 is 5.97 Å². The van der Waals surface area contributed by atoms with Gasteiger partial charge in [0.15, 0.2) is 23.2 Å². The van der Waals surface area contributed by atoms with Gasteiger partial charge in [-0.05, 0) is 11.6 Å². The molecule has 5 rings (SSSR count). The van der Waals surface area contributed by atoms with Crippen molar-refractivity contribution < 1.29 is 30.0 Å². The average Bonchev–Trinajstić information content (AvgIpc) is 3.50. The van der Waals surface area contributed by atoms with Gasteiger partial charge in [0.25, 0.3) is 0 Å². The van der Waals surface area contributed by atoms with E-state index in [1.165, 1.54) is 17.2 Å². The maximum atomic E-state index is 12.0. The van der Waals surface area contributed by atoms with Crippen molar-refractivity contribution in [2.75, 3.05) is 11.9 Å². The highest BCUT2D eigenvalue weighted by Gasteiger charge is 2.44. The number of para-hydroxylation sites is 1. The first-order valence-electron chi connectivity index (χ1n) is 10.3. The molecule has 33 heavy (non-hydrogen) atoms. The number of ether oxygens (including phenoxy) is 1. The Labute approximate surface area is 186 Å². The number of hydrogen-bond donors (Lipinski definition) is 6. The minimum atomic E-state index is -1.31. The van der Waals surface area contributed by atoms with Crippen LogP contribution in [-0.4, -0.2) is 81.9 Å². The number of aliphatic carboxylic acids is 1. The van der Waals surface area contributed by atoms with Crippen LogP contribution in [0.3, 0.4) is 0 Å². The summed E-state index contributed by atoms with van der Waals surface area (Å²) in [5, 5.41) is 43.4. The molecule has 0 amide bonds. The van der Waals surface area contributed by atoms with Crippen molar-refractivity contribution in [3.8, 4) is 0 Å². The van der Waals surface area contributed by atoms with Crippen LogP contribution in [0.15, 0.2) is 43.1 Å². The van der Waals surface area contributed by atoms with E-state index in [1.54, 1.807) is 6.20 Å². The summed E-state index contributed by atoms with van der Waals surface area (Å²) >= 11 is 0. The molecule has 172 valence electrons. The Balaban J connectivity index is 1.44. The lowest BCUT2D eigenvalue weighted by atomic mass is 10.1. The summed E-state index contributed by atoms with van der Waals surface area (Å²) < 4.78 is 6.97. The van der Waals surface area contributed by atoms with Gasteiger partial charge in [0.2, 0.25) is 0 Å². The lowest BCUT2D eigenvalue weighted by molar-refractivity contribution is -0.137. The predicted molar refractivity (Wildman–Crippen MR) is 115 cm³/mol. The first-order chi connectivity index (χ1) is 16.0. The van der Waals surface area contributed by atoms with Gasteiger partial charge in [0.05, 0.1) is 12.9 Å². The highest BCUT2D eigenvalue weighted by Crippen LogP contribution is 2.32. The Bertz CT molecular complexity index is 1300. The zero-order chi connectivity index (χ0) is 23.1. The van der Waals surface area contributed by atoms with E-state index in [0.29, 0.717) is 0 Å². The molecule has 1 aliphatic rings. The van der Waals surface area contributed by atoms with Crippen LogP contribution in [0.1, 0.15) is 11.8 Å². The van der Waals surface area contributed by atoms with Crippen molar-refractivity contribution in [2.24, 2.45) is 0 Å². The van der Waals surface area contributed by atoms with Crippen molar-refractivity contribution in [2.45, 2.75) is 37.0 Å². The minimum absolute atomic E-state index is 0.195. The van der Waals surface area contributed by atoms with Gasteiger partial charge in [-0.15, -0.1) is 0 Å². The zero-order valence-electron chi connectivity index (χ0n) is 17.2. The van der Waals surface area contributed by atoms with Crippen molar-refractivity contribution in [3.63, 3.8) is 0 Å². The standard InChI is InChI=1S/C21H22N6O6/c28-7-14-16(29)17(30)20(33-14)27-9-25-15-18(23-8-24-19(15)27)26-13(21(31)32)5-10-6-22-12-4-2-1-3-11(10)12/h1-4,6,8-9,13-14,16-17,20,22,28-30H,5,7H2,(H,31,32)(H,23,24,26)/t13-,14?,16?,17?,20?/m0/s1. The van der Waals surface area contributed by atoms with Crippen LogP contribution in [-0.2, 0) is 16.0 Å². The number of H-pyrrole nitrogens is 1. The number of nitrogens with zero attached hydrogens (tertiary/aromatic N) is 4. The summed E-state index contributed by atoms with van der Waals surface area (Å²) in [6.45, 7) is -0.461. The third-order valence-electron chi connectivity index (χ3n) is 5.86. The molecule has 0 spiro atoms. The van der Waals surface area contributed by atoms with Gasteiger partial charge < -0.3 is 35.5 Å². The van der Waals surface area contributed by atoms with Crippen LogP contribution < -0.4 is 5.32 Å². The molecule has 1 aromatic carbocycles. The number of hydrogen-bond acceptors (Lipinski definition) is 9. The van der Waals surface area contributed by atoms with Gasteiger partial charge in [0.1, 0.15) is 30.7 Å². The highest BCUT2D eigenvalue weighted by molar-refractivity contribution is 5.88. The summed E-state index contributed by atoms with van der Waals surface area (Å²) in [5.41, 5.74) is 2.31. The molecule has 0 bridgehead atoms. The molecule has 0 saturated carbocycles. The third kappa shape index (κ3) is 3.68. The van der Waals surface area contributed by atoms with Crippen LogP contribution in [0.25, 0.3) is 22.1 Å². The van der Waals surface area contributed by atoms with E-state index in [2.05, 4.69) is 25.3 Å². The number of carboxylic acid groups (broad SMARTS) is 1. The molecule has 5 atom stereocenters. The lowest BCUT2D eigenvalue weighted by Crippen LogP contribution is -2.33. The van der Waals surface area contributed by atoms with E-state index in [9.17, 15) is 25.2 Å². The Hall–Kier alpha value is -3.58. The number of carboxylic acids is 1. The lowest BCUT2D eigenvalue weighted by Gasteiger charge is -2.17.